The molecule has 10 aromatic rings. The van der Waals surface area contributed by atoms with Crippen molar-refractivity contribution < 1.29 is 0 Å². The van der Waals surface area contributed by atoms with Gasteiger partial charge >= 0.3 is 0 Å². The van der Waals surface area contributed by atoms with Crippen molar-refractivity contribution >= 4 is 49.4 Å². The lowest BCUT2D eigenvalue weighted by atomic mass is 10.00. The number of nitrogens with zero attached hydrogens (tertiary/aromatic N) is 2. The van der Waals surface area contributed by atoms with Crippen LogP contribution in [0, 0.1) is 19.3 Å². The third kappa shape index (κ3) is 6.32. The van der Waals surface area contributed by atoms with Crippen LogP contribution in [0.1, 0.15) is 34.0 Å². The molecule has 3 N–H and O–H groups in total. The molecule has 1 unspecified atom stereocenters. The number of aromatic nitrogens is 2. The van der Waals surface area contributed by atoms with Crippen LogP contribution in [0.3, 0.4) is 0 Å². The lowest BCUT2D eigenvalue weighted by molar-refractivity contribution is 0.504. The summed E-state index contributed by atoms with van der Waals surface area (Å²) in [5, 5.41) is 20.9. The van der Waals surface area contributed by atoms with Gasteiger partial charge in [0.2, 0.25) is 0 Å². The molecule has 2 aromatic heterocycles. The van der Waals surface area contributed by atoms with E-state index in [1.807, 2.05) is 48.5 Å². The second-order valence-electron chi connectivity index (χ2n) is 15.2. The molecule has 1 atom stereocenters. The van der Waals surface area contributed by atoms with E-state index in [1.54, 1.807) is 0 Å². The number of hydrogen-bond donors (Lipinski definition) is 3. The van der Waals surface area contributed by atoms with Crippen molar-refractivity contribution in [3.63, 3.8) is 0 Å². The molecular weight excluding hydrogens is 707 g/mol. The average Bonchev–Trinajstić information content (AvgIpc) is 3.78. The van der Waals surface area contributed by atoms with Crippen molar-refractivity contribution in [2.45, 2.75) is 26.6 Å². The van der Waals surface area contributed by atoms with Gasteiger partial charge in [-0.25, -0.2) is 0 Å². The molecule has 10 rings (SSSR count). The second-order valence-corrected chi connectivity index (χ2v) is 15.2. The Balaban J connectivity index is 0.997. The Hall–Kier alpha value is -7.21. The van der Waals surface area contributed by atoms with Crippen molar-refractivity contribution in [1.82, 2.24) is 19.8 Å². The highest BCUT2D eigenvalue weighted by molar-refractivity contribution is 6.13. The standard InChI is InChI=1S/C53H43N5/c1-35-30-36(2)51-47(31-35)46-33-41(40-24-28-49-45(32-40)44-20-12-13-21-48(44)57(49)42-18-10-5-11-19-42)25-29-50(46)58(51)43-26-22-37(23-27-43)34-55-53(39-16-8-4-9-17-39)56-52(54)38-14-6-3-7-15-38/h3-33,53,55H,34H2,1-2H3,(H2,54,56). The minimum Gasteiger partial charge on any atom is -0.351 e. The Morgan fingerprint density at radius 2 is 1.09 bits per heavy atom. The van der Waals surface area contributed by atoms with Gasteiger partial charge in [0, 0.05) is 45.0 Å². The maximum absolute atomic E-state index is 8.76. The third-order valence-corrected chi connectivity index (χ3v) is 11.4. The monoisotopic (exact) mass is 749 g/mol. The van der Waals surface area contributed by atoms with Crippen molar-refractivity contribution in [3.05, 3.63) is 216 Å². The normalized spacial score (nSPS) is 12.1. The van der Waals surface area contributed by atoms with E-state index in [2.05, 4.69) is 173 Å². The van der Waals surface area contributed by atoms with E-state index < -0.39 is 0 Å². The highest BCUT2D eigenvalue weighted by Gasteiger charge is 2.18. The maximum atomic E-state index is 8.76. The van der Waals surface area contributed by atoms with Crippen LogP contribution in [-0.2, 0) is 6.54 Å². The Bertz CT molecular complexity index is 3100. The Morgan fingerprint density at radius 1 is 0.517 bits per heavy atom. The molecule has 58 heavy (non-hydrogen) atoms. The van der Waals surface area contributed by atoms with Crippen LogP contribution in [0.25, 0.3) is 66.1 Å². The quantitative estimate of drug-likeness (QED) is 0.0782. The fourth-order valence-electron chi connectivity index (χ4n) is 8.70. The zero-order valence-electron chi connectivity index (χ0n) is 32.6. The molecule has 5 nitrogen and oxygen atoms in total. The highest BCUT2D eigenvalue weighted by atomic mass is 15.1. The Morgan fingerprint density at radius 3 is 1.79 bits per heavy atom. The molecular formula is C53H43N5. The first-order valence-corrected chi connectivity index (χ1v) is 19.9. The minimum atomic E-state index is -0.228. The molecule has 280 valence electrons. The van der Waals surface area contributed by atoms with Gasteiger partial charge in [-0.3, -0.25) is 10.7 Å². The van der Waals surface area contributed by atoms with Gasteiger partial charge in [-0.1, -0.05) is 133 Å². The topological polar surface area (TPSA) is 57.8 Å². The number of para-hydroxylation sites is 2. The molecule has 0 aliphatic carbocycles. The molecule has 0 bridgehead atoms. The van der Waals surface area contributed by atoms with Gasteiger partial charge in [0.05, 0.1) is 22.1 Å². The fraction of sp³-hybridized carbons (Fsp3) is 0.0755. The number of amidine groups is 1. The van der Waals surface area contributed by atoms with E-state index in [1.165, 1.54) is 71.6 Å². The average molecular weight is 750 g/mol. The summed E-state index contributed by atoms with van der Waals surface area (Å²) >= 11 is 0. The minimum absolute atomic E-state index is 0.228. The van der Waals surface area contributed by atoms with E-state index in [0.29, 0.717) is 12.4 Å². The summed E-state index contributed by atoms with van der Waals surface area (Å²) in [7, 11) is 0. The summed E-state index contributed by atoms with van der Waals surface area (Å²) in [6, 6.07) is 66.8. The van der Waals surface area contributed by atoms with Crippen LogP contribution in [-0.4, -0.2) is 15.0 Å². The van der Waals surface area contributed by atoms with E-state index in [-0.39, 0.29) is 6.17 Å². The lowest BCUT2D eigenvalue weighted by Crippen LogP contribution is -2.37. The van der Waals surface area contributed by atoms with E-state index >= 15 is 0 Å². The van der Waals surface area contributed by atoms with Crippen LogP contribution in [0.4, 0.5) is 0 Å². The number of benzene rings is 8. The highest BCUT2D eigenvalue weighted by Crippen LogP contribution is 2.39. The molecule has 0 fully saturated rings. The van der Waals surface area contributed by atoms with Crippen molar-refractivity contribution in [1.29, 1.82) is 5.41 Å². The molecule has 8 aromatic carbocycles. The number of rotatable bonds is 9. The Kier molecular flexibility index (Phi) is 8.93. The first-order valence-electron chi connectivity index (χ1n) is 19.9. The molecule has 0 aliphatic heterocycles. The van der Waals surface area contributed by atoms with Crippen molar-refractivity contribution in [3.8, 4) is 22.5 Å². The van der Waals surface area contributed by atoms with Gasteiger partial charge in [-0.15, -0.1) is 0 Å². The van der Waals surface area contributed by atoms with Crippen LogP contribution >= 0.6 is 0 Å². The maximum Gasteiger partial charge on any atom is 0.126 e. The molecule has 0 saturated heterocycles. The van der Waals surface area contributed by atoms with E-state index in [0.717, 1.165) is 22.4 Å². The zero-order chi connectivity index (χ0) is 39.2. The van der Waals surface area contributed by atoms with Gasteiger partial charge in [0.25, 0.3) is 0 Å². The first-order chi connectivity index (χ1) is 28.5. The largest absolute Gasteiger partial charge is 0.351 e. The van der Waals surface area contributed by atoms with Gasteiger partial charge < -0.3 is 14.5 Å². The third-order valence-electron chi connectivity index (χ3n) is 11.4. The van der Waals surface area contributed by atoms with E-state index in [4.69, 9.17) is 5.41 Å². The smallest absolute Gasteiger partial charge is 0.126 e. The van der Waals surface area contributed by atoms with Crippen LogP contribution < -0.4 is 10.6 Å². The predicted molar refractivity (Wildman–Crippen MR) is 242 cm³/mol. The van der Waals surface area contributed by atoms with E-state index in [9.17, 15) is 0 Å². The summed E-state index contributed by atoms with van der Waals surface area (Å²) in [5.41, 5.74) is 15.1. The lowest BCUT2D eigenvalue weighted by Gasteiger charge is -2.22. The molecule has 0 radical (unpaired) electrons. The predicted octanol–water partition coefficient (Wildman–Crippen LogP) is 12.6. The van der Waals surface area contributed by atoms with Gasteiger partial charge in [0.15, 0.2) is 0 Å². The summed E-state index contributed by atoms with van der Waals surface area (Å²) in [4.78, 5) is 0. The fourth-order valence-corrected chi connectivity index (χ4v) is 8.70. The first kappa shape index (κ1) is 35.2. The molecule has 0 saturated carbocycles. The van der Waals surface area contributed by atoms with Crippen molar-refractivity contribution in [2.75, 3.05) is 0 Å². The number of fused-ring (bicyclic) bond motifs is 6. The second kappa shape index (κ2) is 14.7. The molecule has 0 spiro atoms. The Labute approximate surface area is 338 Å². The summed E-state index contributed by atoms with van der Waals surface area (Å²) in [6.07, 6.45) is -0.228. The molecule has 0 amide bonds. The summed E-state index contributed by atoms with van der Waals surface area (Å²) in [5.74, 6) is 0.383. The number of aryl methyl sites for hydroxylation is 2. The van der Waals surface area contributed by atoms with Gasteiger partial charge in [-0.2, -0.15) is 0 Å². The molecule has 5 heteroatoms. The number of nitrogens with one attached hydrogen (secondary N) is 3. The van der Waals surface area contributed by atoms with Crippen LogP contribution in [0.15, 0.2) is 188 Å². The zero-order valence-corrected chi connectivity index (χ0v) is 32.6. The van der Waals surface area contributed by atoms with Gasteiger partial charge in [0.1, 0.15) is 12.0 Å². The SMILES string of the molecule is Cc1cc(C)c2c(c1)c1cc(-c3ccc4c(c3)c3ccccc3n4-c3ccccc3)ccc1n2-c1ccc(CNC(NC(=N)c2ccccc2)c2ccccc2)cc1. The number of hydrogen-bond acceptors (Lipinski definition) is 2. The van der Waals surface area contributed by atoms with Crippen molar-refractivity contribution in [2.24, 2.45) is 0 Å². The molecule has 2 heterocycles. The van der Waals surface area contributed by atoms with Crippen LogP contribution in [0.2, 0.25) is 0 Å². The van der Waals surface area contributed by atoms with Crippen LogP contribution in [0.5, 0.6) is 0 Å². The summed E-state index contributed by atoms with van der Waals surface area (Å²) in [6.45, 7) is 5.05. The molecule has 0 aliphatic rings. The summed E-state index contributed by atoms with van der Waals surface area (Å²) < 4.78 is 4.79. The van der Waals surface area contributed by atoms with Gasteiger partial charge in [-0.05, 0) is 102 Å².